The third kappa shape index (κ3) is 23.4. The van der Waals surface area contributed by atoms with Gasteiger partial charge in [-0.15, -0.1) is 0 Å². The summed E-state index contributed by atoms with van der Waals surface area (Å²) in [6, 6.07) is 13.4. The monoisotopic (exact) mass is 1110 g/mol. The quantitative estimate of drug-likeness (QED) is 0.0342. The van der Waals surface area contributed by atoms with Crippen molar-refractivity contribution in [3.8, 4) is 17.9 Å². The first kappa shape index (κ1) is 63.6. The predicted octanol–water partition coefficient (Wildman–Crippen LogP) is -0.176. The van der Waals surface area contributed by atoms with Crippen molar-refractivity contribution >= 4 is 70.2 Å². The number of carboxylic acids is 3. The molecule has 0 aromatic heterocycles. The Labute approximate surface area is 460 Å². The van der Waals surface area contributed by atoms with E-state index in [1.807, 2.05) is 48.5 Å². The highest BCUT2D eigenvalue weighted by Gasteiger charge is 2.40. The molecule has 1 aliphatic rings. The molecule has 0 radical (unpaired) electrons. The molecule has 1 fully saturated rings. The first-order valence-corrected chi connectivity index (χ1v) is 25.6. The number of unbranched alkanes of at least 4 members (excludes halogenated alkanes) is 1. The van der Waals surface area contributed by atoms with Crippen molar-refractivity contribution in [2.75, 3.05) is 72.4 Å². The van der Waals surface area contributed by atoms with Crippen LogP contribution < -0.4 is 42.0 Å². The molecule has 0 bridgehead atoms. The Morgan fingerprint density at radius 2 is 1.31 bits per heavy atom. The first-order chi connectivity index (χ1) is 38.3. The van der Waals surface area contributed by atoms with Gasteiger partial charge in [0.2, 0.25) is 29.5 Å². The number of hydrogen-bond acceptors (Lipinski definition) is 16. The molecule has 430 valence electrons. The molecule has 0 unspecified atom stereocenters. The summed E-state index contributed by atoms with van der Waals surface area (Å²) in [5.74, 6) is -7.66. The van der Waals surface area contributed by atoms with Crippen LogP contribution in [-0.4, -0.2) is 182 Å². The molecule has 1 aliphatic heterocycles. The lowest BCUT2D eigenvalue weighted by Crippen LogP contribution is -2.53. The van der Waals surface area contributed by atoms with Gasteiger partial charge in [0.15, 0.2) is 6.61 Å². The molecule has 0 saturated carbocycles. The third-order valence-corrected chi connectivity index (χ3v) is 12.1. The number of nitrogens with zero attached hydrogens (tertiary/aromatic N) is 3. The molecular formula is C53H66N10O17. The second-order valence-electron chi connectivity index (χ2n) is 18.2. The van der Waals surface area contributed by atoms with Crippen LogP contribution in [0.25, 0.3) is 10.8 Å². The molecule has 3 aromatic carbocycles. The summed E-state index contributed by atoms with van der Waals surface area (Å²) >= 11 is 0. The summed E-state index contributed by atoms with van der Waals surface area (Å²) in [5.41, 5.74) is 0.883. The second kappa shape index (κ2) is 34.1. The third-order valence-electron chi connectivity index (χ3n) is 12.1. The van der Waals surface area contributed by atoms with Crippen LogP contribution in [-0.2, 0) is 63.8 Å². The van der Waals surface area contributed by atoms with Crippen LogP contribution >= 0.6 is 0 Å². The Bertz CT molecular complexity index is 2720. The van der Waals surface area contributed by atoms with E-state index in [0.29, 0.717) is 31.9 Å². The molecule has 8 amide bonds. The highest BCUT2D eigenvalue weighted by molar-refractivity contribution is 5.94. The SMILES string of the molecule is CC(=O)NCCOCCOCCOCCC(=O)N[C@@H]1C[C@@H](C(=O)NCC(=O)N[C@@H](Cc2ccc3ccccc3c2)C(=O)NCCCC[C@H](NC(=O)N[C@@H](CCC(=O)O)C(=O)O)C(=O)O)N(C(=O)COc2cc(C#N)cc(C#N)c2)C1. The number of ether oxygens (including phenoxy) is 4. The van der Waals surface area contributed by atoms with E-state index < -0.39 is 110 Å². The zero-order valence-corrected chi connectivity index (χ0v) is 44.0. The second-order valence-corrected chi connectivity index (χ2v) is 18.2. The van der Waals surface area contributed by atoms with Crippen molar-refractivity contribution in [3.63, 3.8) is 0 Å². The molecule has 80 heavy (non-hydrogen) atoms. The van der Waals surface area contributed by atoms with Gasteiger partial charge in [-0.05, 0) is 66.6 Å². The summed E-state index contributed by atoms with van der Waals surface area (Å²) in [6.07, 6.45) is -0.936. The fraction of sp³-hybridized carbons (Fsp3) is 0.472. The van der Waals surface area contributed by atoms with Crippen LogP contribution in [0.15, 0.2) is 60.7 Å². The Morgan fingerprint density at radius 3 is 1.95 bits per heavy atom. The van der Waals surface area contributed by atoms with Crippen molar-refractivity contribution < 1.29 is 82.2 Å². The van der Waals surface area contributed by atoms with Crippen LogP contribution in [0.3, 0.4) is 0 Å². The topological polar surface area (TPSA) is 403 Å². The van der Waals surface area contributed by atoms with E-state index in [0.717, 1.165) is 10.8 Å². The average Bonchev–Trinajstić information content (AvgIpc) is 3.86. The van der Waals surface area contributed by atoms with E-state index in [2.05, 4.69) is 37.2 Å². The number of rotatable bonds is 35. The predicted molar refractivity (Wildman–Crippen MR) is 280 cm³/mol. The van der Waals surface area contributed by atoms with Crippen LogP contribution in [0.5, 0.6) is 5.75 Å². The highest BCUT2D eigenvalue weighted by atomic mass is 16.5. The average molecular weight is 1120 g/mol. The van der Waals surface area contributed by atoms with Gasteiger partial charge in [-0.1, -0.05) is 42.5 Å². The zero-order valence-electron chi connectivity index (χ0n) is 44.0. The van der Waals surface area contributed by atoms with Crippen molar-refractivity contribution in [1.29, 1.82) is 10.5 Å². The standard InChI is InChI=1S/C53H66N10O17/c1-33(64)56-15-17-78-19-21-79-20-18-77-16-13-45(65)59-39-27-44(63(31-39)47(67)32-80-40-24-35(28-54)22-36(25-40)29-55)50(71)58-30-46(66)60-43(26-34-9-10-37-6-2-3-7-38(37)23-34)49(70)57-14-5-4-8-41(51(72)73)61-53(76)62-42(52(74)75)11-12-48(68)69/h2-3,6-7,9-10,22-25,39,41-44H,4-5,8,11-21,26-27,30-32H2,1H3,(H,56,64)(H,57,70)(H,58,71)(H,59,65)(H,60,66)(H,68,69)(H,72,73)(H,74,75)(H2,61,62,76)/t39-,41+,42+,43+,44+/m1/s1. The molecule has 0 spiro atoms. The van der Waals surface area contributed by atoms with Crippen LogP contribution in [0, 0.1) is 22.7 Å². The number of likely N-dealkylation sites (tertiary alicyclic amines) is 1. The number of hydrogen-bond donors (Lipinski definition) is 10. The number of nitriles is 2. The number of carboxylic acid groups (broad SMARTS) is 3. The van der Waals surface area contributed by atoms with Gasteiger partial charge >= 0.3 is 23.9 Å². The van der Waals surface area contributed by atoms with Gasteiger partial charge in [0, 0.05) is 51.9 Å². The van der Waals surface area contributed by atoms with Crippen LogP contribution in [0.2, 0.25) is 0 Å². The maximum atomic E-state index is 13.9. The summed E-state index contributed by atoms with van der Waals surface area (Å²) in [6.45, 7) is 1.75. The fourth-order valence-electron chi connectivity index (χ4n) is 8.10. The van der Waals surface area contributed by atoms with Gasteiger partial charge in [0.1, 0.15) is 29.9 Å². The normalized spacial score (nSPS) is 14.7. The Kier molecular flexibility index (Phi) is 27.1. The van der Waals surface area contributed by atoms with E-state index in [1.54, 1.807) is 6.07 Å². The molecular weight excluding hydrogens is 1050 g/mol. The Morgan fingerprint density at radius 1 is 0.675 bits per heavy atom. The number of fused-ring (bicyclic) bond motifs is 1. The van der Waals surface area contributed by atoms with E-state index in [4.69, 9.17) is 24.1 Å². The zero-order chi connectivity index (χ0) is 58.4. The molecule has 27 nitrogen and oxygen atoms in total. The molecule has 10 N–H and O–H groups in total. The number of benzene rings is 3. The number of amides is 8. The van der Waals surface area contributed by atoms with Gasteiger partial charge < -0.3 is 76.4 Å². The molecule has 0 aliphatic carbocycles. The van der Waals surface area contributed by atoms with Crippen molar-refractivity contribution in [2.24, 2.45) is 0 Å². The summed E-state index contributed by atoms with van der Waals surface area (Å²) in [4.78, 5) is 127. The van der Waals surface area contributed by atoms with Gasteiger partial charge in [-0.3, -0.25) is 33.6 Å². The molecule has 3 aromatic rings. The summed E-state index contributed by atoms with van der Waals surface area (Å²) in [7, 11) is 0. The number of nitrogens with one attached hydrogen (secondary N) is 7. The van der Waals surface area contributed by atoms with Crippen LogP contribution in [0.1, 0.15) is 68.6 Å². The molecule has 27 heteroatoms. The van der Waals surface area contributed by atoms with E-state index in [9.17, 15) is 68.7 Å². The number of aliphatic carboxylic acids is 3. The number of urea groups is 1. The van der Waals surface area contributed by atoms with E-state index in [1.165, 1.54) is 30.0 Å². The lowest BCUT2D eigenvalue weighted by Gasteiger charge is -2.24. The number of carbonyl (C=O) groups excluding carboxylic acids is 7. The van der Waals surface area contributed by atoms with Crippen molar-refractivity contribution in [1.82, 2.24) is 42.1 Å². The summed E-state index contributed by atoms with van der Waals surface area (Å²) in [5, 5.41) is 66.1. The first-order valence-electron chi connectivity index (χ1n) is 25.6. The maximum Gasteiger partial charge on any atom is 0.326 e. The minimum Gasteiger partial charge on any atom is -0.484 e. The van der Waals surface area contributed by atoms with Gasteiger partial charge in [-0.25, -0.2) is 14.4 Å². The van der Waals surface area contributed by atoms with Crippen molar-refractivity contribution in [2.45, 2.75) is 88.5 Å². The van der Waals surface area contributed by atoms with Crippen LogP contribution in [0.4, 0.5) is 4.79 Å². The lowest BCUT2D eigenvalue weighted by atomic mass is 10.0. The minimum atomic E-state index is -1.59. The van der Waals surface area contributed by atoms with Gasteiger partial charge in [-0.2, -0.15) is 10.5 Å². The minimum absolute atomic E-state index is 0.00300. The Balaban J connectivity index is 1.36. The van der Waals surface area contributed by atoms with Gasteiger partial charge in [0.25, 0.3) is 5.91 Å². The molecule has 1 saturated heterocycles. The van der Waals surface area contributed by atoms with E-state index >= 15 is 0 Å². The smallest absolute Gasteiger partial charge is 0.326 e. The molecule has 5 atom stereocenters. The van der Waals surface area contributed by atoms with Gasteiger partial charge in [0.05, 0.1) is 69.5 Å². The highest BCUT2D eigenvalue weighted by Crippen LogP contribution is 2.22. The van der Waals surface area contributed by atoms with Crippen molar-refractivity contribution in [3.05, 3.63) is 77.4 Å². The molecule has 1 heterocycles. The summed E-state index contributed by atoms with van der Waals surface area (Å²) < 4.78 is 21.9. The Hall–Kier alpha value is -8.92. The molecule has 4 rings (SSSR count). The largest absolute Gasteiger partial charge is 0.484 e. The maximum absolute atomic E-state index is 13.9. The van der Waals surface area contributed by atoms with E-state index in [-0.39, 0.29) is 94.2 Å². The fourth-order valence-corrected chi connectivity index (χ4v) is 8.10. The lowest BCUT2D eigenvalue weighted by molar-refractivity contribution is -0.141. The number of carbonyl (C=O) groups is 10.